The summed E-state index contributed by atoms with van der Waals surface area (Å²) in [5, 5.41) is 0. The standard InChI is InChI=1S/C20H28N2O/c23-20(19-13-18(19)17-7-3-1-4-8-17)22-12-9-16(15-22)14-21-10-5-2-6-11-21/h1,3-4,7-8,16,18-19H,2,5-6,9-15H2/t16-,18-,19+/m0/s1. The van der Waals surface area contributed by atoms with Gasteiger partial charge in [0.05, 0.1) is 0 Å². The van der Waals surface area contributed by atoms with E-state index >= 15 is 0 Å². The minimum atomic E-state index is 0.256. The molecule has 0 spiro atoms. The van der Waals surface area contributed by atoms with Gasteiger partial charge in [-0.3, -0.25) is 4.79 Å². The molecule has 3 nitrogen and oxygen atoms in total. The molecule has 3 aliphatic rings. The number of benzene rings is 1. The van der Waals surface area contributed by atoms with Gasteiger partial charge in [0.2, 0.25) is 5.91 Å². The first-order valence-corrected chi connectivity index (χ1v) is 9.37. The third-order valence-corrected chi connectivity index (χ3v) is 5.90. The fourth-order valence-corrected chi connectivity index (χ4v) is 4.46. The number of carbonyl (C=O) groups is 1. The molecule has 0 radical (unpaired) electrons. The fourth-order valence-electron chi connectivity index (χ4n) is 4.46. The Labute approximate surface area is 139 Å². The van der Waals surface area contributed by atoms with Crippen molar-refractivity contribution in [2.24, 2.45) is 11.8 Å². The van der Waals surface area contributed by atoms with Crippen LogP contribution in [0.15, 0.2) is 30.3 Å². The first-order chi connectivity index (χ1) is 11.3. The van der Waals surface area contributed by atoms with Crippen molar-refractivity contribution in [3.63, 3.8) is 0 Å². The molecule has 3 fully saturated rings. The van der Waals surface area contributed by atoms with E-state index in [9.17, 15) is 4.79 Å². The van der Waals surface area contributed by atoms with Gasteiger partial charge in [0, 0.05) is 25.6 Å². The second kappa shape index (κ2) is 6.64. The zero-order valence-electron chi connectivity index (χ0n) is 14.0. The molecule has 0 aromatic heterocycles. The van der Waals surface area contributed by atoms with Crippen LogP contribution in [0.1, 0.15) is 43.6 Å². The Morgan fingerprint density at radius 3 is 2.61 bits per heavy atom. The van der Waals surface area contributed by atoms with Gasteiger partial charge in [-0.1, -0.05) is 36.8 Å². The Hall–Kier alpha value is -1.35. The Morgan fingerprint density at radius 2 is 1.83 bits per heavy atom. The summed E-state index contributed by atoms with van der Waals surface area (Å²) in [6.45, 7) is 5.71. The van der Waals surface area contributed by atoms with E-state index in [2.05, 4.69) is 34.1 Å². The fraction of sp³-hybridized carbons (Fsp3) is 0.650. The van der Waals surface area contributed by atoms with Crippen LogP contribution in [0.5, 0.6) is 0 Å². The highest BCUT2D eigenvalue weighted by Gasteiger charge is 2.46. The minimum absolute atomic E-state index is 0.256. The smallest absolute Gasteiger partial charge is 0.226 e. The summed E-state index contributed by atoms with van der Waals surface area (Å²) in [7, 11) is 0. The van der Waals surface area contributed by atoms with E-state index in [1.165, 1.54) is 50.9 Å². The van der Waals surface area contributed by atoms with Crippen LogP contribution < -0.4 is 0 Å². The van der Waals surface area contributed by atoms with Crippen molar-refractivity contribution in [3.8, 4) is 0 Å². The SMILES string of the molecule is O=C([C@@H]1C[C@H]1c1ccccc1)N1CC[C@@H](CN2CCCCC2)C1. The molecule has 1 aromatic rings. The largest absolute Gasteiger partial charge is 0.342 e. The third-order valence-electron chi connectivity index (χ3n) is 5.90. The Morgan fingerprint density at radius 1 is 1.04 bits per heavy atom. The number of nitrogens with zero attached hydrogens (tertiary/aromatic N) is 2. The molecule has 2 saturated heterocycles. The Kier molecular flexibility index (Phi) is 4.39. The Balaban J connectivity index is 1.27. The number of piperidine rings is 1. The predicted molar refractivity (Wildman–Crippen MR) is 92.3 cm³/mol. The van der Waals surface area contributed by atoms with Crippen molar-refractivity contribution in [3.05, 3.63) is 35.9 Å². The maximum atomic E-state index is 12.7. The summed E-state index contributed by atoms with van der Waals surface area (Å²) in [4.78, 5) is 17.5. The molecule has 3 atom stereocenters. The highest BCUT2D eigenvalue weighted by atomic mass is 16.2. The molecule has 1 aromatic carbocycles. The number of hydrogen-bond donors (Lipinski definition) is 0. The van der Waals surface area contributed by atoms with Crippen molar-refractivity contribution >= 4 is 5.91 Å². The van der Waals surface area contributed by atoms with E-state index in [1.54, 1.807) is 0 Å². The molecule has 1 aliphatic carbocycles. The van der Waals surface area contributed by atoms with Crippen molar-refractivity contribution in [2.75, 3.05) is 32.7 Å². The van der Waals surface area contributed by atoms with Gasteiger partial charge in [-0.15, -0.1) is 0 Å². The summed E-state index contributed by atoms with van der Waals surface area (Å²) in [5.74, 6) is 1.85. The first-order valence-electron chi connectivity index (χ1n) is 9.37. The second-order valence-electron chi connectivity index (χ2n) is 7.66. The predicted octanol–water partition coefficient (Wildman–Crippen LogP) is 3.12. The molecule has 0 N–H and O–H groups in total. The van der Waals surface area contributed by atoms with Gasteiger partial charge in [-0.25, -0.2) is 0 Å². The van der Waals surface area contributed by atoms with E-state index in [4.69, 9.17) is 0 Å². The highest BCUT2D eigenvalue weighted by Crippen LogP contribution is 2.48. The molecule has 23 heavy (non-hydrogen) atoms. The molecule has 1 amide bonds. The number of amides is 1. The van der Waals surface area contributed by atoms with Gasteiger partial charge >= 0.3 is 0 Å². The van der Waals surface area contributed by atoms with Crippen LogP contribution >= 0.6 is 0 Å². The normalized spacial score (nSPS) is 31.3. The van der Waals surface area contributed by atoms with E-state index in [0.717, 1.165) is 19.5 Å². The first kappa shape index (κ1) is 15.2. The number of likely N-dealkylation sites (tertiary alicyclic amines) is 2. The third kappa shape index (κ3) is 3.45. The molecular weight excluding hydrogens is 284 g/mol. The summed E-state index contributed by atoms with van der Waals surface area (Å²) in [6, 6.07) is 10.6. The molecule has 3 heteroatoms. The maximum Gasteiger partial charge on any atom is 0.226 e. The number of rotatable bonds is 4. The molecule has 2 aliphatic heterocycles. The van der Waals surface area contributed by atoms with Gasteiger partial charge in [0.15, 0.2) is 0 Å². The Bertz CT molecular complexity index is 538. The lowest BCUT2D eigenvalue weighted by atomic mass is 10.1. The lowest BCUT2D eigenvalue weighted by molar-refractivity contribution is -0.131. The lowest BCUT2D eigenvalue weighted by Gasteiger charge is -2.29. The summed E-state index contributed by atoms with van der Waals surface area (Å²) in [5.41, 5.74) is 1.34. The van der Waals surface area contributed by atoms with E-state index in [0.29, 0.717) is 17.7 Å². The minimum Gasteiger partial charge on any atom is -0.342 e. The van der Waals surface area contributed by atoms with Crippen LogP contribution in [0.25, 0.3) is 0 Å². The van der Waals surface area contributed by atoms with Crippen molar-refractivity contribution < 1.29 is 4.79 Å². The number of carbonyl (C=O) groups excluding carboxylic acids is 1. The maximum absolute atomic E-state index is 12.7. The van der Waals surface area contributed by atoms with E-state index < -0.39 is 0 Å². The zero-order chi connectivity index (χ0) is 15.6. The lowest BCUT2D eigenvalue weighted by Crippen LogP contribution is -2.36. The van der Waals surface area contributed by atoms with Crippen molar-refractivity contribution in [1.82, 2.24) is 9.80 Å². The average Bonchev–Trinajstić information content (AvgIpc) is 3.28. The highest BCUT2D eigenvalue weighted by molar-refractivity contribution is 5.83. The van der Waals surface area contributed by atoms with Gasteiger partial charge in [0.1, 0.15) is 0 Å². The van der Waals surface area contributed by atoms with Gasteiger partial charge < -0.3 is 9.80 Å². The quantitative estimate of drug-likeness (QED) is 0.853. The topological polar surface area (TPSA) is 23.6 Å². The summed E-state index contributed by atoms with van der Waals surface area (Å²) >= 11 is 0. The zero-order valence-corrected chi connectivity index (χ0v) is 14.0. The van der Waals surface area contributed by atoms with Gasteiger partial charge in [-0.05, 0) is 56.2 Å². The molecule has 4 rings (SSSR count). The van der Waals surface area contributed by atoms with Crippen LogP contribution in [0.4, 0.5) is 0 Å². The van der Waals surface area contributed by atoms with E-state index in [-0.39, 0.29) is 5.92 Å². The van der Waals surface area contributed by atoms with Gasteiger partial charge in [0.25, 0.3) is 0 Å². The molecular formula is C20H28N2O. The summed E-state index contributed by atoms with van der Waals surface area (Å²) < 4.78 is 0. The van der Waals surface area contributed by atoms with Crippen LogP contribution in [-0.2, 0) is 4.79 Å². The van der Waals surface area contributed by atoms with E-state index in [1.807, 2.05) is 6.07 Å². The van der Waals surface area contributed by atoms with Crippen LogP contribution in [0, 0.1) is 11.8 Å². The van der Waals surface area contributed by atoms with Crippen molar-refractivity contribution in [2.45, 2.75) is 38.0 Å². The van der Waals surface area contributed by atoms with Crippen LogP contribution in [0.2, 0.25) is 0 Å². The van der Waals surface area contributed by atoms with Crippen molar-refractivity contribution in [1.29, 1.82) is 0 Å². The second-order valence-corrected chi connectivity index (χ2v) is 7.66. The van der Waals surface area contributed by atoms with Gasteiger partial charge in [-0.2, -0.15) is 0 Å². The molecule has 2 heterocycles. The monoisotopic (exact) mass is 312 g/mol. The average molecular weight is 312 g/mol. The molecule has 1 saturated carbocycles. The van der Waals surface area contributed by atoms with Crippen LogP contribution in [0.3, 0.4) is 0 Å². The number of hydrogen-bond acceptors (Lipinski definition) is 2. The molecule has 0 unspecified atom stereocenters. The molecule has 124 valence electrons. The van der Waals surface area contributed by atoms with Crippen LogP contribution in [-0.4, -0.2) is 48.4 Å². The summed E-state index contributed by atoms with van der Waals surface area (Å²) in [6.07, 6.45) is 6.36. The molecule has 0 bridgehead atoms.